The molecule has 2 aliphatic heterocycles. The van der Waals surface area contributed by atoms with E-state index >= 15 is 0 Å². The summed E-state index contributed by atoms with van der Waals surface area (Å²) in [5.41, 5.74) is 2.89. The van der Waals surface area contributed by atoms with Crippen LogP contribution < -0.4 is 9.62 Å². The van der Waals surface area contributed by atoms with Gasteiger partial charge in [-0.3, -0.25) is 14.0 Å². The molecule has 158 valence electrons. The van der Waals surface area contributed by atoms with Crippen molar-refractivity contribution in [3.05, 3.63) is 47.6 Å². The lowest BCUT2D eigenvalue weighted by Crippen LogP contribution is -2.44. The maximum absolute atomic E-state index is 12.2. The summed E-state index contributed by atoms with van der Waals surface area (Å²) in [6, 6.07) is 7.49. The van der Waals surface area contributed by atoms with E-state index in [0.717, 1.165) is 38.0 Å². The minimum absolute atomic E-state index is 0.0843. The van der Waals surface area contributed by atoms with Crippen molar-refractivity contribution in [3.63, 3.8) is 0 Å². The van der Waals surface area contributed by atoms with Crippen LogP contribution in [0.1, 0.15) is 38.7 Å². The van der Waals surface area contributed by atoms with Crippen molar-refractivity contribution in [2.75, 3.05) is 36.2 Å². The summed E-state index contributed by atoms with van der Waals surface area (Å²) in [6.07, 6.45) is 8.16. The molecule has 0 unspecified atom stereocenters. The van der Waals surface area contributed by atoms with Crippen LogP contribution in [0.2, 0.25) is 0 Å². The standard InChI is InChI=1S/C22H31N3O3S/c1-18(2)10-14-24-15-11-20(12-16-24)23-22(26)9-6-19-4-7-21(8-5-19)25-13-3-17-29(25,27)28/h4-10,20H,3,11-17H2,1-2H3,(H,23,26)/b9-6+. The van der Waals surface area contributed by atoms with Gasteiger partial charge in [-0.2, -0.15) is 0 Å². The van der Waals surface area contributed by atoms with E-state index in [1.807, 2.05) is 12.1 Å². The van der Waals surface area contributed by atoms with Crippen LogP contribution in [0.5, 0.6) is 0 Å². The molecule has 0 bridgehead atoms. The Morgan fingerprint density at radius 1 is 1.14 bits per heavy atom. The summed E-state index contributed by atoms with van der Waals surface area (Å²) in [4.78, 5) is 14.6. The van der Waals surface area contributed by atoms with Crippen LogP contribution in [0.25, 0.3) is 6.08 Å². The monoisotopic (exact) mass is 417 g/mol. The molecule has 0 aromatic heterocycles. The maximum Gasteiger partial charge on any atom is 0.244 e. The van der Waals surface area contributed by atoms with Gasteiger partial charge >= 0.3 is 0 Å². The fraction of sp³-hybridized carbons (Fsp3) is 0.500. The van der Waals surface area contributed by atoms with Gasteiger partial charge < -0.3 is 5.32 Å². The maximum atomic E-state index is 12.2. The number of carbonyl (C=O) groups excluding carboxylic acids is 1. The summed E-state index contributed by atoms with van der Waals surface area (Å²) in [5, 5.41) is 3.09. The van der Waals surface area contributed by atoms with E-state index in [0.29, 0.717) is 18.7 Å². The second kappa shape index (κ2) is 9.59. The second-order valence-electron chi connectivity index (χ2n) is 8.03. The molecule has 0 atom stereocenters. The van der Waals surface area contributed by atoms with Gasteiger partial charge in [-0.05, 0) is 56.9 Å². The third-order valence-electron chi connectivity index (χ3n) is 5.40. The van der Waals surface area contributed by atoms with E-state index in [1.54, 1.807) is 24.3 Å². The third-order valence-corrected chi connectivity index (χ3v) is 7.27. The zero-order valence-corrected chi connectivity index (χ0v) is 18.1. The number of rotatable bonds is 6. The van der Waals surface area contributed by atoms with Crippen LogP contribution in [0.15, 0.2) is 42.0 Å². The lowest BCUT2D eigenvalue weighted by atomic mass is 10.0. The Hall–Kier alpha value is -2.12. The van der Waals surface area contributed by atoms with E-state index in [1.165, 1.54) is 9.88 Å². The van der Waals surface area contributed by atoms with Gasteiger partial charge in [0, 0.05) is 38.3 Å². The number of carbonyl (C=O) groups is 1. The summed E-state index contributed by atoms with van der Waals surface area (Å²) in [6.45, 7) is 7.74. The van der Waals surface area contributed by atoms with Gasteiger partial charge in [-0.1, -0.05) is 23.8 Å². The molecule has 2 heterocycles. The number of hydrogen-bond donors (Lipinski definition) is 1. The molecular weight excluding hydrogens is 386 g/mol. The van der Waals surface area contributed by atoms with Crippen LogP contribution >= 0.6 is 0 Å². The first kappa shape index (κ1) is 21.6. The highest BCUT2D eigenvalue weighted by atomic mass is 32.2. The van der Waals surface area contributed by atoms with Gasteiger partial charge in [-0.15, -0.1) is 0 Å². The number of anilines is 1. The van der Waals surface area contributed by atoms with Crippen LogP contribution in [0, 0.1) is 0 Å². The number of benzene rings is 1. The molecule has 1 amide bonds. The molecule has 0 radical (unpaired) electrons. The summed E-state index contributed by atoms with van der Waals surface area (Å²) >= 11 is 0. The van der Waals surface area contributed by atoms with Crippen LogP contribution in [-0.4, -0.2) is 57.2 Å². The van der Waals surface area contributed by atoms with Crippen molar-refractivity contribution >= 4 is 27.7 Å². The van der Waals surface area contributed by atoms with Crippen molar-refractivity contribution in [1.82, 2.24) is 10.2 Å². The molecule has 0 aliphatic carbocycles. The number of amides is 1. The van der Waals surface area contributed by atoms with Gasteiger partial charge in [0.25, 0.3) is 0 Å². The number of likely N-dealkylation sites (tertiary alicyclic amines) is 1. The Balaban J connectivity index is 1.47. The average molecular weight is 418 g/mol. The Morgan fingerprint density at radius 2 is 1.83 bits per heavy atom. The molecule has 2 aliphatic rings. The molecule has 6 nitrogen and oxygen atoms in total. The van der Waals surface area contributed by atoms with Crippen molar-refractivity contribution < 1.29 is 13.2 Å². The van der Waals surface area contributed by atoms with Crippen molar-refractivity contribution in [2.45, 2.75) is 39.2 Å². The fourth-order valence-corrected chi connectivity index (χ4v) is 5.24. The minimum Gasteiger partial charge on any atom is -0.350 e. The first-order chi connectivity index (χ1) is 13.8. The Morgan fingerprint density at radius 3 is 2.41 bits per heavy atom. The molecule has 1 N–H and O–H groups in total. The van der Waals surface area contributed by atoms with Gasteiger partial charge in [0.15, 0.2) is 0 Å². The van der Waals surface area contributed by atoms with Crippen molar-refractivity contribution in [2.24, 2.45) is 0 Å². The fourth-order valence-electron chi connectivity index (χ4n) is 3.67. The van der Waals surface area contributed by atoms with Gasteiger partial charge in [0.2, 0.25) is 15.9 Å². The second-order valence-corrected chi connectivity index (χ2v) is 10.0. The normalized spacial score (nSPS) is 20.1. The first-order valence-corrected chi connectivity index (χ1v) is 11.9. The van der Waals surface area contributed by atoms with Crippen LogP contribution in [0.3, 0.4) is 0 Å². The zero-order chi connectivity index (χ0) is 20.9. The highest BCUT2D eigenvalue weighted by Crippen LogP contribution is 2.24. The van der Waals surface area contributed by atoms with Gasteiger partial charge in [0.05, 0.1) is 11.4 Å². The Bertz CT molecular complexity index is 863. The average Bonchev–Trinajstić information content (AvgIpc) is 3.05. The minimum atomic E-state index is -3.16. The van der Waals surface area contributed by atoms with E-state index < -0.39 is 10.0 Å². The molecule has 3 rings (SSSR count). The zero-order valence-electron chi connectivity index (χ0n) is 17.3. The van der Waals surface area contributed by atoms with Crippen LogP contribution in [0.4, 0.5) is 5.69 Å². The van der Waals surface area contributed by atoms with E-state index in [9.17, 15) is 13.2 Å². The quantitative estimate of drug-likeness (QED) is 0.571. The Labute approximate surface area is 174 Å². The molecular formula is C22H31N3O3S. The van der Waals surface area contributed by atoms with Crippen molar-refractivity contribution in [1.29, 1.82) is 0 Å². The van der Waals surface area contributed by atoms with Gasteiger partial charge in [-0.25, -0.2) is 8.42 Å². The van der Waals surface area contributed by atoms with Crippen LogP contribution in [-0.2, 0) is 14.8 Å². The third kappa shape index (κ3) is 6.18. The highest BCUT2D eigenvalue weighted by molar-refractivity contribution is 7.93. The van der Waals surface area contributed by atoms with E-state index in [2.05, 4.69) is 30.1 Å². The summed E-state index contributed by atoms with van der Waals surface area (Å²) in [5.74, 6) is 0.127. The van der Waals surface area contributed by atoms with E-state index in [4.69, 9.17) is 0 Å². The SMILES string of the molecule is CC(C)=CCN1CCC(NC(=O)/C=C/c2ccc(N3CCCS3(=O)=O)cc2)CC1. The molecule has 29 heavy (non-hydrogen) atoms. The predicted octanol–water partition coefficient (Wildman–Crippen LogP) is 2.79. The topological polar surface area (TPSA) is 69.7 Å². The highest BCUT2D eigenvalue weighted by Gasteiger charge is 2.28. The van der Waals surface area contributed by atoms with E-state index in [-0.39, 0.29) is 17.7 Å². The largest absolute Gasteiger partial charge is 0.350 e. The number of hydrogen-bond acceptors (Lipinski definition) is 4. The summed E-state index contributed by atoms with van der Waals surface area (Å²) < 4.78 is 25.4. The molecule has 2 saturated heterocycles. The smallest absolute Gasteiger partial charge is 0.244 e. The molecule has 1 aromatic rings. The van der Waals surface area contributed by atoms with Crippen molar-refractivity contribution in [3.8, 4) is 0 Å². The Kier molecular flexibility index (Phi) is 7.14. The summed E-state index contributed by atoms with van der Waals surface area (Å²) in [7, 11) is -3.16. The molecule has 1 aromatic carbocycles. The number of piperidine rings is 1. The number of sulfonamides is 1. The molecule has 0 spiro atoms. The number of nitrogens with zero attached hydrogens (tertiary/aromatic N) is 2. The molecule has 7 heteroatoms. The van der Waals surface area contributed by atoms with Gasteiger partial charge in [0.1, 0.15) is 0 Å². The molecule has 0 saturated carbocycles. The number of nitrogens with one attached hydrogen (secondary N) is 1. The number of allylic oxidation sites excluding steroid dienone is 1. The predicted molar refractivity (Wildman–Crippen MR) is 118 cm³/mol. The lowest BCUT2D eigenvalue weighted by Gasteiger charge is -2.31. The first-order valence-electron chi connectivity index (χ1n) is 10.3. The molecule has 2 fully saturated rings. The lowest BCUT2D eigenvalue weighted by molar-refractivity contribution is -0.117.